The van der Waals surface area contributed by atoms with Crippen molar-refractivity contribution in [2.75, 3.05) is 13.7 Å². The normalized spacial score (nSPS) is 11.4. The fraction of sp³-hybridized carbons (Fsp3) is 0.188. The summed E-state index contributed by atoms with van der Waals surface area (Å²) in [4.78, 5) is 0.120. The Morgan fingerprint density at radius 2 is 1.96 bits per heavy atom. The van der Waals surface area contributed by atoms with Gasteiger partial charge in [0.15, 0.2) is 0 Å². The van der Waals surface area contributed by atoms with E-state index in [1.54, 1.807) is 6.07 Å². The van der Waals surface area contributed by atoms with E-state index in [-0.39, 0.29) is 4.90 Å². The van der Waals surface area contributed by atoms with E-state index in [1.165, 1.54) is 30.3 Å². The zero-order chi connectivity index (χ0) is 17.7. The molecule has 0 aliphatic carbocycles. The molecule has 2 aromatic carbocycles. The third kappa shape index (κ3) is 4.01. The van der Waals surface area contributed by atoms with Crippen molar-refractivity contribution in [3.8, 4) is 11.4 Å². The van der Waals surface area contributed by atoms with E-state index in [0.717, 1.165) is 5.56 Å². The summed E-state index contributed by atoms with van der Waals surface area (Å²) in [6.07, 6.45) is 2.02. The van der Waals surface area contributed by atoms with Crippen LogP contribution in [0.15, 0.2) is 59.8 Å². The highest BCUT2D eigenvalue weighted by Gasteiger charge is 2.17. The second-order valence-electron chi connectivity index (χ2n) is 5.22. The van der Waals surface area contributed by atoms with Gasteiger partial charge < -0.3 is 4.74 Å². The maximum Gasteiger partial charge on any atom is 0.240 e. The molecule has 0 unspecified atom stereocenters. The molecule has 1 heterocycles. The molecule has 0 radical (unpaired) electrons. The van der Waals surface area contributed by atoms with Crippen molar-refractivity contribution >= 4 is 10.0 Å². The van der Waals surface area contributed by atoms with Crippen LogP contribution in [0.2, 0.25) is 0 Å². The number of hydrogen-bond donors (Lipinski definition) is 1. The van der Waals surface area contributed by atoms with Gasteiger partial charge in [-0.05, 0) is 34.5 Å². The predicted molar refractivity (Wildman–Crippen MR) is 91.0 cm³/mol. The zero-order valence-corrected chi connectivity index (χ0v) is 14.3. The largest absolute Gasteiger partial charge is 0.494 e. The van der Waals surface area contributed by atoms with Crippen LogP contribution < -0.4 is 9.46 Å². The number of benzene rings is 2. The molecule has 1 aromatic heterocycles. The van der Waals surface area contributed by atoms with Crippen LogP contribution in [-0.2, 0) is 16.4 Å². The highest BCUT2D eigenvalue weighted by atomic mass is 32.2. The summed E-state index contributed by atoms with van der Waals surface area (Å²) in [5.74, 6) is 0.359. The van der Waals surface area contributed by atoms with E-state index in [1.807, 2.05) is 30.3 Å². The third-order valence-corrected chi connectivity index (χ3v) is 5.06. The number of nitrogens with zero attached hydrogens (tertiary/aromatic N) is 4. The average molecular weight is 359 g/mol. The quantitative estimate of drug-likeness (QED) is 0.680. The van der Waals surface area contributed by atoms with Crippen molar-refractivity contribution in [3.05, 3.63) is 60.4 Å². The predicted octanol–water partition coefficient (Wildman–Crippen LogP) is 1.19. The number of sulfonamides is 1. The van der Waals surface area contributed by atoms with E-state index in [4.69, 9.17) is 4.74 Å². The lowest BCUT2D eigenvalue weighted by atomic mass is 10.2. The Balaban J connectivity index is 1.75. The molecule has 0 spiro atoms. The van der Waals surface area contributed by atoms with Crippen LogP contribution in [0.4, 0.5) is 0 Å². The number of aromatic nitrogens is 4. The fourth-order valence-corrected chi connectivity index (χ4v) is 3.39. The first kappa shape index (κ1) is 17.1. The summed E-state index contributed by atoms with van der Waals surface area (Å²) in [5, 5.41) is 10.9. The van der Waals surface area contributed by atoms with Crippen molar-refractivity contribution in [1.29, 1.82) is 0 Å². The van der Waals surface area contributed by atoms with Crippen LogP contribution in [0.25, 0.3) is 5.69 Å². The molecule has 0 saturated heterocycles. The molecule has 3 aromatic rings. The zero-order valence-electron chi connectivity index (χ0n) is 13.5. The summed E-state index contributed by atoms with van der Waals surface area (Å²) in [5.41, 5.74) is 1.62. The second kappa shape index (κ2) is 7.41. The molecule has 9 heteroatoms. The average Bonchev–Trinajstić information content (AvgIpc) is 3.16. The molecular weight excluding hydrogens is 342 g/mol. The van der Waals surface area contributed by atoms with E-state index in [2.05, 4.69) is 20.2 Å². The Hall–Kier alpha value is -2.78. The number of hydrogen-bond acceptors (Lipinski definition) is 6. The number of tetrazole rings is 1. The Bertz CT molecular complexity index is 928. The minimum absolute atomic E-state index is 0.120. The van der Waals surface area contributed by atoms with Gasteiger partial charge in [0.1, 0.15) is 17.8 Å². The van der Waals surface area contributed by atoms with Crippen LogP contribution in [0, 0.1) is 0 Å². The number of ether oxygens (including phenoxy) is 1. The minimum Gasteiger partial charge on any atom is -0.494 e. The summed E-state index contributed by atoms with van der Waals surface area (Å²) >= 11 is 0. The van der Waals surface area contributed by atoms with Crippen LogP contribution in [0.1, 0.15) is 5.56 Å². The van der Waals surface area contributed by atoms with Crippen molar-refractivity contribution < 1.29 is 13.2 Å². The van der Waals surface area contributed by atoms with Crippen LogP contribution >= 0.6 is 0 Å². The smallest absolute Gasteiger partial charge is 0.240 e. The SMILES string of the molecule is COc1cc(S(=O)(=O)NCCc2ccccc2)ccc1-n1cnnn1. The van der Waals surface area contributed by atoms with Crippen molar-refractivity contribution in [1.82, 2.24) is 24.9 Å². The summed E-state index contributed by atoms with van der Waals surface area (Å²) in [7, 11) is -2.18. The monoisotopic (exact) mass is 359 g/mol. The Morgan fingerprint density at radius 1 is 1.16 bits per heavy atom. The lowest BCUT2D eigenvalue weighted by molar-refractivity contribution is 0.410. The molecule has 8 nitrogen and oxygen atoms in total. The Morgan fingerprint density at radius 3 is 2.64 bits per heavy atom. The van der Waals surface area contributed by atoms with E-state index in [0.29, 0.717) is 24.4 Å². The summed E-state index contributed by atoms with van der Waals surface area (Å²) in [6, 6.07) is 14.2. The van der Waals surface area contributed by atoms with Gasteiger partial charge in [0.2, 0.25) is 10.0 Å². The van der Waals surface area contributed by atoms with Gasteiger partial charge in [-0.1, -0.05) is 30.3 Å². The lowest BCUT2D eigenvalue weighted by Gasteiger charge is -2.11. The topological polar surface area (TPSA) is 99.0 Å². The molecule has 0 bridgehead atoms. The third-order valence-electron chi connectivity index (χ3n) is 3.61. The molecule has 0 aliphatic heterocycles. The Kier molecular flexibility index (Phi) is 5.05. The van der Waals surface area contributed by atoms with E-state index < -0.39 is 10.0 Å². The van der Waals surface area contributed by atoms with Gasteiger partial charge >= 0.3 is 0 Å². The molecule has 130 valence electrons. The highest BCUT2D eigenvalue weighted by Crippen LogP contribution is 2.25. The van der Waals surface area contributed by atoms with Crippen LogP contribution in [0.3, 0.4) is 0 Å². The standard InChI is InChI=1S/C16H17N5O3S/c1-24-16-11-14(7-8-15(16)21-12-17-19-20-21)25(22,23)18-10-9-13-5-3-2-4-6-13/h2-8,11-12,18H,9-10H2,1H3. The van der Waals surface area contributed by atoms with Crippen molar-refractivity contribution in [2.24, 2.45) is 0 Å². The molecule has 0 fully saturated rings. The summed E-state index contributed by atoms with van der Waals surface area (Å²) in [6.45, 7) is 0.309. The van der Waals surface area contributed by atoms with Crippen LogP contribution in [0.5, 0.6) is 5.75 Å². The first-order valence-corrected chi connectivity index (χ1v) is 9.03. The van der Waals surface area contributed by atoms with Gasteiger partial charge in [-0.2, -0.15) is 4.68 Å². The van der Waals surface area contributed by atoms with Crippen LogP contribution in [-0.4, -0.2) is 42.3 Å². The number of nitrogens with one attached hydrogen (secondary N) is 1. The molecular formula is C16H17N5O3S. The Labute approximate surface area is 145 Å². The van der Waals surface area contributed by atoms with Gasteiger partial charge in [0, 0.05) is 12.6 Å². The van der Waals surface area contributed by atoms with Crippen molar-refractivity contribution in [3.63, 3.8) is 0 Å². The van der Waals surface area contributed by atoms with E-state index in [9.17, 15) is 8.42 Å². The second-order valence-corrected chi connectivity index (χ2v) is 6.99. The maximum absolute atomic E-state index is 12.5. The van der Waals surface area contributed by atoms with Gasteiger partial charge in [0.25, 0.3) is 0 Å². The minimum atomic E-state index is -3.64. The number of rotatable bonds is 7. The molecule has 0 saturated carbocycles. The van der Waals surface area contributed by atoms with E-state index >= 15 is 0 Å². The molecule has 1 N–H and O–H groups in total. The molecule has 0 aliphatic rings. The lowest BCUT2D eigenvalue weighted by Crippen LogP contribution is -2.26. The van der Waals surface area contributed by atoms with Gasteiger partial charge in [-0.25, -0.2) is 13.1 Å². The molecule has 3 rings (SSSR count). The first-order chi connectivity index (χ1) is 12.1. The van der Waals surface area contributed by atoms with Gasteiger partial charge in [0.05, 0.1) is 12.0 Å². The van der Waals surface area contributed by atoms with Gasteiger partial charge in [-0.3, -0.25) is 0 Å². The maximum atomic E-state index is 12.5. The fourth-order valence-electron chi connectivity index (χ4n) is 2.34. The van der Waals surface area contributed by atoms with Crippen molar-refractivity contribution in [2.45, 2.75) is 11.3 Å². The molecule has 25 heavy (non-hydrogen) atoms. The molecule has 0 atom stereocenters. The molecule has 0 amide bonds. The highest BCUT2D eigenvalue weighted by molar-refractivity contribution is 7.89. The summed E-state index contributed by atoms with van der Waals surface area (Å²) < 4.78 is 34.2. The number of methoxy groups -OCH3 is 1. The first-order valence-electron chi connectivity index (χ1n) is 7.55. The van der Waals surface area contributed by atoms with Gasteiger partial charge in [-0.15, -0.1) is 5.10 Å².